The van der Waals surface area contributed by atoms with Crippen LogP contribution in [0.3, 0.4) is 0 Å². The van der Waals surface area contributed by atoms with Gasteiger partial charge in [-0.25, -0.2) is 4.79 Å². The molecule has 0 heterocycles. The first-order valence-corrected chi connectivity index (χ1v) is 5.77. The number of rotatable bonds is 7. The summed E-state index contributed by atoms with van der Waals surface area (Å²) >= 11 is 0. The zero-order valence-corrected chi connectivity index (χ0v) is 10.8. The lowest BCUT2D eigenvalue weighted by Gasteiger charge is -2.10. The van der Waals surface area contributed by atoms with E-state index in [2.05, 4.69) is 11.9 Å². The van der Waals surface area contributed by atoms with E-state index in [0.29, 0.717) is 12.2 Å². The quantitative estimate of drug-likeness (QED) is 0.583. The van der Waals surface area contributed by atoms with Crippen LogP contribution in [-0.4, -0.2) is 18.2 Å². The first kappa shape index (κ1) is 14.6. The van der Waals surface area contributed by atoms with E-state index in [1.54, 1.807) is 25.3 Å². The second-order valence-corrected chi connectivity index (χ2v) is 3.70. The molecule has 0 atom stereocenters. The van der Waals surface area contributed by atoms with Crippen molar-refractivity contribution in [2.45, 2.75) is 6.54 Å². The number of hydrogen-bond donors (Lipinski definition) is 2. The van der Waals surface area contributed by atoms with Crippen LogP contribution in [0, 0.1) is 0 Å². The summed E-state index contributed by atoms with van der Waals surface area (Å²) in [5.74, 6) is -0.242. The van der Waals surface area contributed by atoms with Crippen LogP contribution in [0.1, 0.15) is 5.56 Å². The van der Waals surface area contributed by atoms with Crippen LogP contribution in [0.4, 0.5) is 0 Å². The number of carboxylic acids is 1. The van der Waals surface area contributed by atoms with E-state index in [1.165, 1.54) is 0 Å². The molecule has 100 valence electrons. The van der Waals surface area contributed by atoms with Gasteiger partial charge in [0.05, 0.1) is 7.11 Å². The van der Waals surface area contributed by atoms with Crippen LogP contribution >= 0.6 is 0 Å². The van der Waals surface area contributed by atoms with E-state index in [0.717, 1.165) is 17.4 Å². The first-order chi connectivity index (χ1) is 9.17. The molecule has 1 aromatic carbocycles. The van der Waals surface area contributed by atoms with Gasteiger partial charge in [-0.1, -0.05) is 36.9 Å². The van der Waals surface area contributed by atoms with E-state index < -0.39 is 5.97 Å². The number of para-hydroxylation sites is 1. The molecule has 0 aliphatic heterocycles. The fraction of sp³-hybridized carbons (Fsp3) is 0.133. The van der Waals surface area contributed by atoms with Gasteiger partial charge in [0, 0.05) is 23.9 Å². The smallest absolute Gasteiger partial charge is 0.330 e. The van der Waals surface area contributed by atoms with Crippen molar-refractivity contribution in [3.63, 3.8) is 0 Å². The minimum Gasteiger partial charge on any atom is -0.496 e. The summed E-state index contributed by atoms with van der Waals surface area (Å²) in [6, 6.07) is 7.56. The largest absolute Gasteiger partial charge is 0.496 e. The Morgan fingerprint density at radius 3 is 2.84 bits per heavy atom. The normalized spacial score (nSPS) is 11.3. The molecule has 0 aliphatic rings. The predicted octanol–water partition coefficient (Wildman–Crippen LogP) is 2.50. The molecule has 0 bridgehead atoms. The highest BCUT2D eigenvalue weighted by molar-refractivity contribution is 5.81. The van der Waals surface area contributed by atoms with Gasteiger partial charge in [-0.05, 0) is 12.1 Å². The van der Waals surface area contributed by atoms with Crippen molar-refractivity contribution in [1.82, 2.24) is 5.32 Å². The predicted molar refractivity (Wildman–Crippen MR) is 74.9 cm³/mol. The number of carbonyl (C=O) groups is 1. The van der Waals surface area contributed by atoms with Crippen LogP contribution < -0.4 is 10.1 Å². The van der Waals surface area contributed by atoms with Crippen molar-refractivity contribution in [3.8, 4) is 5.75 Å². The van der Waals surface area contributed by atoms with E-state index in [-0.39, 0.29) is 0 Å². The molecule has 0 radical (unpaired) electrons. The molecule has 0 unspecified atom stereocenters. The van der Waals surface area contributed by atoms with Crippen molar-refractivity contribution in [3.05, 3.63) is 66.4 Å². The zero-order valence-electron chi connectivity index (χ0n) is 10.8. The van der Waals surface area contributed by atoms with Crippen molar-refractivity contribution >= 4 is 5.97 Å². The maximum absolute atomic E-state index is 10.7. The topological polar surface area (TPSA) is 58.6 Å². The monoisotopic (exact) mass is 259 g/mol. The third-order valence-electron chi connectivity index (χ3n) is 2.37. The molecule has 4 nitrogen and oxygen atoms in total. The molecule has 1 aromatic rings. The van der Waals surface area contributed by atoms with Gasteiger partial charge in [0.2, 0.25) is 0 Å². The minimum absolute atomic E-state index is 0.477. The maximum atomic E-state index is 10.7. The van der Waals surface area contributed by atoms with Gasteiger partial charge >= 0.3 is 5.97 Å². The number of ether oxygens (including phenoxy) is 1. The third-order valence-corrected chi connectivity index (χ3v) is 2.37. The van der Waals surface area contributed by atoms with Crippen molar-refractivity contribution < 1.29 is 14.6 Å². The van der Waals surface area contributed by atoms with Gasteiger partial charge in [-0.3, -0.25) is 0 Å². The first-order valence-electron chi connectivity index (χ1n) is 5.77. The number of nitrogens with one attached hydrogen (secondary N) is 1. The lowest BCUT2D eigenvalue weighted by Crippen LogP contribution is -2.13. The fourth-order valence-electron chi connectivity index (χ4n) is 1.51. The average Bonchev–Trinajstić information content (AvgIpc) is 2.41. The minimum atomic E-state index is -1.00. The SMILES string of the molecule is C=C/C=C\C(=C\C(=O)O)NCc1ccccc1OC. The number of methoxy groups -OCH3 is 1. The summed E-state index contributed by atoms with van der Waals surface area (Å²) in [6.07, 6.45) is 6.01. The standard InChI is InChI=1S/C15H17NO3/c1-3-4-8-13(10-15(17)18)16-11-12-7-5-6-9-14(12)19-2/h3-10,16H,1,11H2,2H3,(H,17,18)/b8-4-,13-10-. The molecular formula is C15H17NO3. The van der Waals surface area contributed by atoms with Crippen LogP contribution in [0.25, 0.3) is 0 Å². The number of aliphatic carboxylic acids is 1. The van der Waals surface area contributed by atoms with Gasteiger partial charge in [-0.15, -0.1) is 0 Å². The third kappa shape index (κ3) is 5.12. The van der Waals surface area contributed by atoms with Gasteiger partial charge in [0.25, 0.3) is 0 Å². The highest BCUT2D eigenvalue weighted by atomic mass is 16.5. The summed E-state index contributed by atoms with van der Waals surface area (Å²) in [4.78, 5) is 10.7. The summed E-state index contributed by atoms with van der Waals surface area (Å²) < 4.78 is 5.23. The van der Waals surface area contributed by atoms with Crippen LogP contribution in [0.5, 0.6) is 5.75 Å². The van der Waals surface area contributed by atoms with Crippen LogP contribution in [0.2, 0.25) is 0 Å². The van der Waals surface area contributed by atoms with Gasteiger partial charge in [0.1, 0.15) is 5.75 Å². The highest BCUT2D eigenvalue weighted by Crippen LogP contribution is 2.17. The molecule has 0 spiro atoms. The second kappa shape index (κ2) is 7.76. The molecule has 1 rings (SSSR count). The Labute approximate surface area is 112 Å². The van der Waals surface area contributed by atoms with E-state index in [1.807, 2.05) is 24.3 Å². The fourth-order valence-corrected chi connectivity index (χ4v) is 1.51. The molecular weight excluding hydrogens is 242 g/mol. The Morgan fingerprint density at radius 2 is 2.21 bits per heavy atom. The Bertz CT molecular complexity index is 504. The lowest BCUT2D eigenvalue weighted by molar-refractivity contribution is -0.131. The Balaban J connectivity index is 2.78. The molecule has 2 N–H and O–H groups in total. The zero-order chi connectivity index (χ0) is 14.1. The second-order valence-electron chi connectivity index (χ2n) is 3.70. The van der Waals surface area contributed by atoms with Crippen molar-refractivity contribution in [2.75, 3.05) is 7.11 Å². The molecule has 0 saturated carbocycles. The molecule has 0 aliphatic carbocycles. The molecule has 0 amide bonds. The molecule has 0 fully saturated rings. The number of benzene rings is 1. The van der Waals surface area contributed by atoms with E-state index in [9.17, 15) is 4.79 Å². The van der Waals surface area contributed by atoms with Gasteiger partial charge < -0.3 is 15.2 Å². The van der Waals surface area contributed by atoms with E-state index in [4.69, 9.17) is 9.84 Å². The Kier molecular flexibility index (Phi) is 5.95. The molecule has 0 saturated heterocycles. The Hall–Kier alpha value is -2.49. The van der Waals surface area contributed by atoms with Crippen LogP contribution in [-0.2, 0) is 11.3 Å². The van der Waals surface area contributed by atoms with Crippen molar-refractivity contribution in [2.24, 2.45) is 0 Å². The molecule has 0 aromatic heterocycles. The van der Waals surface area contributed by atoms with E-state index >= 15 is 0 Å². The summed E-state index contributed by atoms with van der Waals surface area (Å²) in [7, 11) is 1.60. The number of hydrogen-bond acceptors (Lipinski definition) is 3. The average molecular weight is 259 g/mol. The highest BCUT2D eigenvalue weighted by Gasteiger charge is 2.02. The summed E-state index contributed by atoms with van der Waals surface area (Å²) in [6.45, 7) is 4.03. The van der Waals surface area contributed by atoms with Gasteiger partial charge in [-0.2, -0.15) is 0 Å². The maximum Gasteiger partial charge on any atom is 0.330 e. The summed E-state index contributed by atoms with van der Waals surface area (Å²) in [5.41, 5.74) is 1.45. The lowest BCUT2D eigenvalue weighted by atomic mass is 10.2. The molecule has 4 heteroatoms. The van der Waals surface area contributed by atoms with Crippen molar-refractivity contribution in [1.29, 1.82) is 0 Å². The number of allylic oxidation sites excluding steroid dienone is 3. The molecule has 19 heavy (non-hydrogen) atoms. The summed E-state index contributed by atoms with van der Waals surface area (Å²) in [5, 5.41) is 11.8. The van der Waals surface area contributed by atoms with Crippen LogP contribution in [0.15, 0.2) is 60.8 Å². The number of carboxylic acid groups (broad SMARTS) is 1. The Morgan fingerprint density at radius 1 is 1.47 bits per heavy atom. The van der Waals surface area contributed by atoms with Gasteiger partial charge in [0.15, 0.2) is 0 Å².